The summed E-state index contributed by atoms with van der Waals surface area (Å²) in [6.07, 6.45) is 1.31. The minimum atomic E-state index is 0.0927. The van der Waals surface area contributed by atoms with Crippen molar-refractivity contribution in [2.45, 2.75) is 19.4 Å². The molecular weight excluding hydrogens is 306 g/mol. The number of nitrogen functional groups attached to an aromatic ring is 1. The molecule has 0 radical (unpaired) electrons. The molecule has 1 fully saturated rings. The highest BCUT2D eigenvalue weighted by Crippen LogP contribution is 2.31. The number of hydrogen-bond acceptors (Lipinski definition) is 3. The van der Waals surface area contributed by atoms with Crippen molar-refractivity contribution in [3.63, 3.8) is 0 Å². The topological polar surface area (TPSA) is 62.3 Å². The van der Waals surface area contributed by atoms with Crippen LogP contribution < -0.4 is 10.6 Å². The van der Waals surface area contributed by atoms with E-state index in [4.69, 9.17) is 15.9 Å². The number of rotatable bonds is 3. The van der Waals surface area contributed by atoms with Gasteiger partial charge in [-0.3, -0.25) is 5.41 Å². The Bertz CT molecular complexity index is 478. The van der Waals surface area contributed by atoms with Gasteiger partial charge >= 0.3 is 0 Å². The van der Waals surface area contributed by atoms with E-state index in [1.807, 2.05) is 18.2 Å². The predicted molar refractivity (Wildman–Crippen MR) is 81.9 cm³/mol. The van der Waals surface area contributed by atoms with Gasteiger partial charge in [-0.25, -0.2) is 0 Å². The van der Waals surface area contributed by atoms with Crippen LogP contribution in [0.25, 0.3) is 0 Å². The Kier molecular flexibility index (Phi) is 4.47. The van der Waals surface area contributed by atoms with Crippen LogP contribution in [0.5, 0.6) is 0 Å². The molecule has 1 saturated heterocycles. The summed E-state index contributed by atoms with van der Waals surface area (Å²) in [5.41, 5.74) is 7.49. The van der Waals surface area contributed by atoms with Crippen LogP contribution in [0, 0.1) is 11.3 Å². The molecule has 0 bridgehead atoms. The lowest BCUT2D eigenvalue weighted by Gasteiger charge is -2.38. The number of halogens is 1. The van der Waals surface area contributed by atoms with Crippen molar-refractivity contribution in [3.8, 4) is 0 Å². The molecule has 2 rings (SSSR count). The van der Waals surface area contributed by atoms with Crippen LogP contribution in [-0.2, 0) is 4.74 Å². The smallest absolute Gasteiger partial charge is 0.126 e. The molecule has 2 unspecified atom stereocenters. The lowest BCUT2D eigenvalue weighted by atomic mass is 9.95. The van der Waals surface area contributed by atoms with Gasteiger partial charge in [0.25, 0.3) is 0 Å². The largest absolute Gasteiger partial charge is 0.384 e. The van der Waals surface area contributed by atoms with Gasteiger partial charge in [0.1, 0.15) is 5.84 Å². The molecule has 4 nitrogen and oxygen atoms in total. The Balaban J connectivity index is 2.32. The molecule has 1 aromatic rings. The van der Waals surface area contributed by atoms with Gasteiger partial charge in [-0.15, -0.1) is 0 Å². The van der Waals surface area contributed by atoms with E-state index in [0.29, 0.717) is 5.92 Å². The van der Waals surface area contributed by atoms with Gasteiger partial charge in [0.15, 0.2) is 0 Å². The van der Waals surface area contributed by atoms with Gasteiger partial charge in [0.2, 0.25) is 0 Å². The van der Waals surface area contributed by atoms with Crippen molar-refractivity contribution in [2.24, 2.45) is 11.7 Å². The second kappa shape index (κ2) is 5.92. The highest BCUT2D eigenvalue weighted by atomic mass is 79.9. The zero-order chi connectivity index (χ0) is 14.0. The molecule has 0 spiro atoms. The van der Waals surface area contributed by atoms with Crippen molar-refractivity contribution >= 4 is 27.5 Å². The van der Waals surface area contributed by atoms with Crippen molar-refractivity contribution in [1.29, 1.82) is 5.41 Å². The van der Waals surface area contributed by atoms with Crippen molar-refractivity contribution in [2.75, 3.05) is 25.1 Å². The van der Waals surface area contributed by atoms with Crippen LogP contribution in [0.15, 0.2) is 22.7 Å². The summed E-state index contributed by atoms with van der Waals surface area (Å²) in [4.78, 5) is 2.26. The highest BCUT2D eigenvalue weighted by Gasteiger charge is 2.27. The second-order valence-electron chi connectivity index (χ2n) is 5.03. The quantitative estimate of drug-likeness (QED) is 0.663. The van der Waals surface area contributed by atoms with Crippen LogP contribution in [0.1, 0.15) is 18.9 Å². The average Bonchev–Trinajstić information content (AvgIpc) is 2.38. The lowest BCUT2D eigenvalue weighted by molar-refractivity contribution is 0.0498. The Morgan fingerprint density at radius 1 is 1.53 bits per heavy atom. The minimum Gasteiger partial charge on any atom is -0.384 e. The molecule has 1 aromatic carbocycles. The number of methoxy groups -OCH3 is 1. The third kappa shape index (κ3) is 2.92. The van der Waals surface area contributed by atoms with E-state index in [-0.39, 0.29) is 11.9 Å². The first-order valence-corrected chi connectivity index (χ1v) is 7.24. The molecule has 1 heterocycles. The molecule has 104 valence electrons. The normalized spacial score (nSPS) is 23.4. The fourth-order valence-corrected chi connectivity index (χ4v) is 3.17. The molecule has 1 aliphatic heterocycles. The standard InChI is InChI=1S/C14H20BrN3O/c1-9-6-7-18(8-12(9)19-2)11-5-3-4-10(15)13(11)14(16)17/h3-5,9,12H,6-8H2,1-2H3,(H3,16,17). The maximum absolute atomic E-state index is 7.76. The molecule has 0 aromatic heterocycles. The fraction of sp³-hybridized carbons (Fsp3) is 0.500. The Morgan fingerprint density at radius 2 is 2.26 bits per heavy atom. The van der Waals surface area contributed by atoms with Crippen LogP contribution in [-0.4, -0.2) is 32.1 Å². The van der Waals surface area contributed by atoms with Gasteiger partial charge < -0.3 is 15.4 Å². The minimum absolute atomic E-state index is 0.0927. The molecule has 1 aliphatic rings. The molecule has 19 heavy (non-hydrogen) atoms. The molecule has 2 atom stereocenters. The zero-order valence-corrected chi connectivity index (χ0v) is 12.9. The number of piperidine rings is 1. The van der Waals surface area contributed by atoms with Crippen LogP contribution in [0.3, 0.4) is 0 Å². The summed E-state index contributed by atoms with van der Waals surface area (Å²) in [5, 5.41) is 7.76. The van der Waals surface area contributed by atoms with E-state index in [1.54, 1.807) is 7.11 Å². The third-order valence-corrected chi connectivity index (χ3v) is 4.45. The van der Waals surface area contributed by atoms with E-state index in [0.717, 1.165) is 35.2 Å². The van der Waals surface area contributed by atoms with E-state index < -0.39 is 0 Å². The van der Waals surface area contributed by atoms with Crippen molar-refractivity contribution < 1.29 is 4.74 Å². The van der Waals surface area contributed by atoms with Crippen molar-refractivity contribution in [3.05, 3.63) is 28.2 Å². The maximum Gasteiger partial charge on any atom is 0.126 e. The molecule has 0 saturated carbocycles. The molecular formula is C14H20BrN3O. The maximum atomic E-state index is 7.76. The first kappa shape index (κ1) is 14.3. The van der Waals surface area contributed by atoms with Crippen LogP contribution >= 0.6 is 15.9 Å². The first-order chi connectivity index (χ1) is 9.04. The Morgan fingerprint density at radius 3 is 2.89 bits per heavy atom. The predicted octanol–water partition coefficient (Wildman–Crippen LogP) is 2.59. The van der Waals surface area contributed by atoms with Gasteiger partial charge in [0, 0.05) is 30.4 Å². The van der Waals surface area contributed by atoms with Gasteiger partial charge in [-0.2, -0.15) is 0 Å². The summed E-state index contributed by atoms with van der Waals surface area (Å²) in [7, 11) is 1.76. The molecule has 0 aliphatic carbocycles. The second-order valence-corrected chi connectivity index (χ2v) is 5.89. The van der Waals surface area contributed by atoms with Crippen molar-refractivity contribution in [1.82, 2.24) is 0 Å². The van der Waals surface area contributed by atoms with Gasteiger partial charge in [-0.1, -0.05) is 13.0 Å². The number of nitrogens with zero attached hydrogens (tertiary/aromatic N) is 1. The summed E-state index contributed by atoms with van der Waals surface area (Å²) in [6, 6.07) is 5.91. The Labute approximate surface area is 122 Å². The van der Waals surface area contributed by atoms with E-state index in [2.05, 4.69) is 27.8 Å². The molecule has 3 N–H and O–H groups in total. The lowest BCUT2D eigenvalue weighted by Crippen LogP contribution is -2.44. The van der Waals surface area contributed by atoms with Gasteiger partial charge in [-0.05, 0) is 40.4 Å². The monoisotopic (exact) mass is 325 g/mol. The summed E-state index contributed by atoms with van der Waals surface area (Å²) in [6.45, 7) is 4.03. The van der Waals surface area contributed by atoms with Gasteiger partial charge in [0.05, 0.1) is 11.7 Å². The number of amidine groups is 1. The van der Waals surface area contributed by atoms with Crippen LogP contribution in [0.4, 0.5) is 5.69 Å². The first-order valence-electron chi connectivity index (χ1n) is 6.45. The number of nitrogens with two attached hydrogens (primary N) is 1. The number of nitrogens with one attached hydrogen (secondary N) is 1. The zero-order valence-electron chi connectivity index (χ0n) is 11.3. The molecule has 0 amide bonds. The highest BCUT2D eigenvalue weighted by molar-refractivity contribution is 9.10. The number of anilines is 1. The summed E-state index contributed by atoms with van der Waals surface area (Å²) < 4.78 is 6.41. The number of benzene rings is 1. The number of ether oxygens (including phenoxy) is 1. The van der Waals surface area contributed by atoms with E-state index in [9.17, 15) is 0 Å². The third-order valence-electron chi connectivity index (χ3n) is 3.79. The average molecular weight is 326 g/mol. The summed E-state index contributed by atoms with van der Waals surface area (Å²) >= 11 is 3.48. The van der Waals surface area contributed by atoms with E-state index >= 15 is 0 Å². The fourth-order valence-electron chi connectivity index (χ4n) is 2.60. The summed E-state index contributed by atoms with van der Waals surface area (Å²) in [5.74, 6) is 0.657. The Hall–Kier alpha value is -1.07. The number of hydrogen-bond donors (Lipinski definition) is 2. The molecule has 5 heteroatoms. The van der Waals surface area contributed by atoms with Crippen LogP contribution in [0.2, 0.25) is 0 Å². The SMILES string of the molecule is COC1CN(c2cccc(Br)c2C(=N)N)CCC1C. The van der Waals surface area contributed by atoms with E-state index in [1.165, 1.54) is 0 Å².